The molecule has 28 heavy (non-hydrogen) atoms. The summed E-state index contributed by atoms with van der Waals surface area (Å²) < 4.78 is 0. The summed E-state index contributed by atoms with van der Waals surface area (Å²) in [5.41, 5.74) is 1.93. The zero-order valence-electron chi connectivity index (χ0n) is 15.9. The molecule has 2 aromatic rings. The SMILES string of the molecule is CC(C(=O)NCCCc1nc2ccccc2[nH]1)N1C(=O)C2CC=CCC2C1=O. The van der Waals surface area contributed by atoms with Crippen LogP contribution < -0.4 is 5.32 Å². The van der Waals surface area contributed by atoms with Crippen LogP contribution in [0, 0.1) is 11.8 Å². The molecule has 3 atom stereocenters. The average molecular weight is 380 g/mol. The Morgan fingerprint density at radius 1 is 1.21 bits per heavy atom. The quantitative estimate of drug-likeness (QED) is 0.455. The fraction of sp³-hybridized carbons (Fsp3) is 0.429. The molecule has 1 fully saturated rings. The monoisotopic (exact) mass is 380 g/mol. The van der Waals surface area contributed by atoms with Gasteiger partial charge in [-0.05, 0) is 38.3 Å². The number of imide groups is 1. The van der Waals surface area contributed by atoms with E-state index in [2.05, 4.69) is 15.3 Å². The van der Waals surface area contributed by atoms with E-state index in [-0.39, 0.29) is 29.6 Å². The van der Waals surface area contributed by atoms with Gasteiger partial charge < -0.3 is 10.3 Å². The molecular weight excluding hydrogens is 356 g/mol. The number of carbonyl (C=O) groups excluding carboxylic acids is 3. The number of benzene rings is 1. The van der Waals surface area contributed by atoms with Crippen LogP contribution in [0.1, 0.15) is 32.0 Å². The topological polar surface area (TPSA) is 95.2 Å². The van der Waals surface area contributed by atoms with Crippen molar-refractivity contribution in [1.29, 1.82) is 0 Å². The van der Waals surface area contributed by atoms with Gasteiger partial charge in [-0.15, -0.1) is 0 Å². The first-order valence-electron chi connectivity index (χ1n) is 9.79. The molecule has 3 amide bonds. The second-order valence-corrected chi connectivity index (χ2v) is 7.47. The number of hydrogen-bond acceptors (Lipinski definition) is 4. The lowest BCUT2D eigenvalue weighted by Crippen LogP contribution is -2.48. The van der Waals surface area contributed by atoms with Gasteiger partial charge in [0.25, 0.3) is 0 Å². The number of nitrogens with one attached hydrogen (secondary N) is 2. The minimum absolute atomic E-state index is 0.218. The maximum absolute atomic E-state index is 12.6. The predicted molar refractivity (Wildman–Crippen MR) is 104 cm³/mol. The molecule has 0 spiro atoms. The van der Waals surface area contributed by atoms with Crippen molar-refractivity contribution in [2.24, 2.45) is 11.8 Å². The molecule has 7 nitrogen and oxygen atoms in total. The Balaban J connectivity index is 1.29. The van der Waals surface area contributed by atoms with E-state index in [1.54, 1.807) is 6.92 Å². The molecule has 1 saturated heterocycles. The Morgan fingerprint density at radius 2 is 1.89 bits per heavy atom. The Hall–Kier alpha value is -2.96. The molecule has 1 aromatic heterocycles. The molecule has 2 heterocycles. The van der Waals surface area contributed by atoms with E-state index in [0.717, 1.165) is 28.2 Å². The maximum Gasteiger partial charge on any atom is 0.243 e. The van der Waals surface area contributed by atoms with Crippen molar-refractivity contribution >= 4 is 28.8 Å². The number of rotatable bonds is 6. The second kappa shape index (κ2) is 7.58. The highest BCUT2D eigenvalue weighted by molar-refractivity contribution is 6.08. The highest BCUT2D eigenvalue weighted by atomic mass is 16.2. The first-order valence-corrected chi connectivity index (χ1v) is 9.79. The van der Waals surface area contributed by atoms with Crippen molar-refractivity contribution in [3.05, 3.63) is 42.2 Å². The molecule has 1 aromatic carbocycles. The number of imidazole rings is 1. The molecule has 0 radical (unpaired) electrons. The van der Waals surface area contributed by atoms with E-state index in [1.807, 2.05) is 36.4 Å². The number of aryl methyl sites for hydroxylation is 1. The minimum Gasteiger partial charge on any atom is -0.354 e. The van der Waals surface area contributed by atoms with Crippen molar-refractivity contribution in [2.75, 3.05) is 6.54 Å². The molecule has 146 valence electrons. The summed E-state index contributed by atoms with van der Waals surface area (Å²) in [5.74, 6) is -0.460. The van der Waals surface area contributed by atoms with Crippen LogP contribution in [0.5, 0.6) is 0 Å². The number of nitrogens with zero attached hydrogens (tertiary/aromatic N) is 2. The number of hydrogen-bond donors (Lipinski definition) is 2. The van der Waals surface area contributed by atoms with Gasteiger partial charge in [-0.2, -0.15) is 0 Å². The fourth-order valence-corrected chi connectivity index (χ4v) is 4.06. The molecule has 3 unspecified atom stereocenters. The largest absolute Gasteiger partial charge is 0.354 e. The smallest absolute Gasteiger partial charge is 0.243 e. The fourth-order valence-electron chi connectivity index (χ4n) is 4.06. The van der Waals surface area contributed by atoms with Gasteiger partial charge in [-0.25, -0.2) is 4.98 Å². The summed E-state index contributed by atoms with van der Waals surface area (Å²) in [7, 11) is 0. The van der Waals surface area contributed by atoms with Gasteiger partial charge in [0.05, 0.1) is 22.9 Å². The zero-order chi connectivity index (χ0) is 19.7. The molecule has 4 rings (SSSR count). The van der Waals surface area contributed by atoms with Crippen molar-refractivity contribution in [3.63, 3.8) is 0 Å². The number of carbonyl (C=O) groups is 3. The van der Waals surface area contributed by atoms with E-state index in [1.165, 1.54) is 0 Å². The number of aromatic amines is 1. The third kappa shape index (κ3) is 3.32. The summed E-state index contributed by atoms with van der Waals surface area (Å²) in [6.07, 6.45) is 6.47. The third-order valence-electron chi connectivity index (χ3n) is 5.64. The lowest BCUT2D eigenvalue weighted by molar-refractivity contribution is -0.147. The van der Waals surface area contributed by atoms with E-state index < -0.39 is 6.04 Å². The molecule has 0 bridgehead atoms. The summed E-state index contributed by atoms with van der Waals surface area (Å²) >= 11 is 0. The van der Waals surface area contributed by atoms with Gasteiger partial charge in [-0.1, -0.05) is 24.3 Å². The summed E-state index contributed by atoms with van der Waals surface area (Å²) in [6.45, 7) is 2.08. The molecule has 2 aliphatic rings. The number of fused-ring (bicyclic) bond motifs is 2. The Kier molecular flexibility index (Phi) is 4.98. The van der Waals surface area contributed by atoms with Crippen LogP contribution in [0.4, 0.5) is 0 Å². The highest BCUT2D eigenvalue weighted by Gasteiger charge is 2.49. The van der Waals surface area contributed by atoms with Crippen LogP contribution in [0.2, 0.25) is 0 Å². The van der Waals surface area contributed by atoms with Gasteiger partial charge >= 0.3 is 0 Å². The molecule has 0 saturated carbocycles. The molecule has 2 N–H and O–H groups in total. The third-order valence-corrected chi connectivity index (χ3v) is 5.64. The molecular formula is C21H24N4O3. The van der Waals surface area contributed by atoms with Crippen LogP contribution in [-0.2, 0) is 20.8 Å². The standard InChI is InChI=1S/C21H24N4O3/c1-13(25-20(27)14-7-2-3-8-15(14)21(25)28)19(26)22-12-6-11-18-23-16-9-4-5-10-17(16)24-18/h2-5,9-10,13-15H,6-8,11-12H2,1H3,(H,22,26)(H,23,24). The van der Waals surface area contributed by atoms with Gasteiger partial charge in [0.2, 0.25) is 17.7 Å². The van der Waals surface area contributed by atoms with Crippen LogP contribution in [-0.4, -0.2) is 45.2 Å². The van der Waals surface area contributed by atoms with E-state index in [4.69, 9.17) is 0 Å². The lowest BCUT2D eigenvalue weighted by atomic mass is 9.85. The Labute approximate surface area is 163 Å². The number of aromatic nitrogens is 2. The van der Waals surface area contributed by atoms with Crippen molar-refractivity contribution in [2.45, 2.75) is 38.6 Å². The van der Waals surface area contributed by atoms with Crippen molar-refractivity contribution in [1.82, 2.24) is 20.2 Å². The number of likely N-dealkylation sites (tertiary alicyclic amines) is 1. The Morgan fingerprint density at radius 3 is 2.57 bits per heavy atom. The number of H-pyrrole nitrogens is 1. The van der Waals surface area contributed by atoms with Gasteiger partial charge in [0, 0.05) is 13.0 Å². The van der Waals surface area contributed by atoms with E-state index in [0.29, 0.717) is 25.8 Å². The number of allylic oxidation sites excluding steroid dienone is 2. The Bertz CT molecular complexity index is 889. The van der Waals surface area contributed by atoms with E-state index >= 15 is 0 Å². The minimum atomic E-state index is -0.781. The maximum atomic E-state index is 12.6. The van der Waals surface area contributed by atoms with E-state index in [9.17, 15) is 14.4 Å². The first kappa shape index (κ1) is 18.4. The van der Waals surface area contributed by atoms with Crippen LogP contribution in [0.25, 0.3) is 11.0 Å². The molecule has 1 aliphatic heterocycles. The van der Waals surface area contributed by atoms with Gasteiger partial charge in [0.15, 0.2) is 0 Å². The highest BCUT2D eigenvalue weighted by Crippen LogP contribution is 2.36. The summed E-state index contributed by atoms with van der Waals surface area (Å²) in [4.78, 5) is 46.6. The van der Waals surface area contributed by atoms with Gasteiger partial charge in [0.1, 0.15) is 11.9 Å². The van der Waals surface area contributed by atoms with Crippen LogP contribution in [0.3, 0.4) is 0 Å². The van der Waals surface area contributed by atoms with Crippen molar-refractivity contribution < 1.29 is 14.4 Å². The van der Waals surface area contributed by atoms with Gasteiger partial charge in [-0.3, -0.25) is 19.3 Å². The van der Waals surface area contributed by atoms with Crippen LogP contribution >= 0.6 is 0 Å². The number of amides is 3. The average Bonchev–Trinajstić information content (AvgIpc) is 3.23. The lowest BCUT2D eigenvalue weighted by Gasteiger charge is -2.22. The predicted octanol–water partition coefficient (Wildman–Crippen LogP) is 1.95. The normalized spacial score (nSPS) is 22.5. The molecule has 1 aliphatic carbocycles. The van der Waals surface area contributed by atoms with Crippen LogP contribution in [0.15, 0.2) is 36.4 Å². The summed E-state index contributed by atoms with van der Waals surface area (Å²) in [5, 5.41) is 2.84. The first-order chi connectivity index (χ1) is 13.6. The zero-order valence-corrected chi connectivity index (χ0v) is 15.9. The second-order valence-electron chi connectivity index (χ2n) is 7.47. The van der Waals surface area contributed by atoms with Crippen molar-refractivity contribution in [3.8, 4) is 0 Å². The molecule has 7 heteroatoms. The number of para-hydroxylation sites is 2. The summed E-state index contributed by atoms with van der Waals surface area (Å²) in [6, 6.07) is 7.06.